The van der Waals surface area contributed by atoms with Crippen molar-refractivity contribution in [2.75, 3.05) is 32.7 Å². The van der Waals surface area contributed by atoms with Crippen LogP contribution in [0.1, 0.15) is 14.7 Å². The molecule has 0 bridgehead atoms. The Morgan fingerprint density at radius 3 is 2.67 bits per heavy atom. The zero-order chi connectivity index (χ0) is 13.1. The second-order valence-electron chi connectivity index (χ2n) is 4.28. The molecule has 0 radical (unpaired) electrons. The van der Waals surface area contributed by atoms with E-state index in [0.29, 0.717) is 11.5 Å². The molecule has 1 aromatic heterocycles. The van der Waals surface area contributed by atoms with Crippen molar-refractivity contribution in [1.82, 2.24) is 14.8 Å². The minimum atomic E-state index is 0.0792. The molecule has 5 nitrogen and oxygen atoms in total. The van der Waals surface area contributed by atoms with Gasteiger partial charge in [0.05, 0.1) is 16.2 Å². The van der Waals surface area contributed by atoms with Crippen LogP contribution in [0, 0.1) is 6.92 Å². The maximum absolute atomic E-state index is 12.2. The lowest BCUT2D eigenvalue weighted by atomic mass is 10.3. The monoisotopic (exact) mass is 284 g/mol. The van der Waals surface area contributed by atoms with Gasteiger partial charge in [0.15, 0.2) is 0 Å². The van der Waals surface area contributed by atoms with Gasteiger partial charge in [0.25, 0.3) is 5.91 Å². The van der Waals surface area contributed by atoms with Crippen molar-refractivity contribution in [1.29, 1.82) is 0 Å². The lowest BCUT2D eigenvalue weighted by Crippen LogP contribution is -2.50. The summed E-state index contributed by atoms with van der Waals surface area (Å²) in [5, 5.41) is 0.922. The fraction of sp³-hybridized carbons (Fsp3) is 0.545. The Kier molecular flexibility index (Phi) is 4.26. The molecule has 1 aliphatic rings. The van der Waals surface area contributed by atoms with Crippen molar-refractivity contribution in [2.45, 2.75) is 6.92 Å². The summed E-state index contributed by atoms with van der Waals surface area (Å²) in [5.41, 5.74) is 5.51. The molecular weight excluding hydrogens is 268 g/mol. The number of rotatable bonds is 3. The largest absolute Gasteiger partial charge is 0.392 e. The number of aryl methyl sites for hydroxylation is 1. The van der Waals surface area contributed by atoms with Crippen molar-refractivity contribution in [3.8, 4) is 0 Å². The number of hydrogen-bond acceptors (Lipinski definition) is 5. The van der Waals surface area contributed by atoms with Crippen LogP contribution >= 0.6 is 23.6 Å². The van der Waals surface area contributed by atoms with Crippen molar-refractivity contribution in [3.63, 3.8) is 0 Å². The van der Waals surface area contributed by atoms with Crippen LogP contribution in [-0.2, 0) is 0 Å². The van der Waals surface area contributed by atoms with E-state index in [2.05, 4.69) is 9.88 Å². The van der Waals surface area contributed by atoms with Crippen molar-refractivity contribution >= 4 is 34.5 Å². The summed E-state index contributed by atoms with van der Waals surface area (Å²) in [6, 6.07) is 0. The van der Waals surface area contributed by atoms with Gasteiger partial charge in [-0.2, -0.15) is 0 Å². The first-order valence-corrected chi connectivity index (χ1v) is 7.01. The molecule has 1 amide bonds. The van der Waals surface area contributed by atoms with Gasteiger partial charge in [-0.05, 0) is 6.92 Å². The SMILES string of the molecule is Cc1ncc(C(=O)N2CCN(CC(N)=S)CC2)s1. The third-order valence-corrected chi connectivity index (χ3v) is 3.90. The van der Waals surface area contributed by atoms with Gasteiger partial charge in [0.1, 0.15) is 4.88 Å². The lowest BCUT2D eigenvalue weighted by Gasteiger charge is -2.34. The number of thiazole rings is 1. The summed E-state index contributed by atoms with van der Waals surface area (Å²) in [6.07, 6.45) is 1.66. The van der Waals surface area contributed by atoms with Crippen LogP contribution < -0.4 is 5.73 Å². The number of carbonyl (C=O) groups is 1. The molecule has 0 saturated carbocycles. The highest BCUT2D eigenvalue weighted by atomic mass is 32.1. The van der Waals surface area contributed by atoms with Crippen LogP contribution in [0.3, 0.4) is 0 Å². The van der Waals surface area contributed by atoms with E-state index in [1.807, 2.05) is 11.8 Å². The van der Waals surface area contributed by atoms with E-state index in [1.54, 1.807) is 6.20 Å². The number of thiocarbonyl (C=S) groups is 1. The topological polar surface area (TPSA) is 62.5 Å². The molecule has 0 spiro atoms. The maximum Gasteiger partial charge on any atom is 0.265 e. The Balaban J connectivity index is 1.90. The van der Waals surface area contributed by atoms with Gasteiger partial charge in [-0.25, -0.2) is 4.98 Å². The van der Waals surface area contributed by atoms with E-state index in [9.17, 15) is 4.79 Å². The third kappa shape index (κ3) is 3.24. The molecule has 0 aromatic carbocycles. The zero-order valence-electron chi connectivity index (χ0n) is 10.3. The number of hydrogen-bond donors (Lipinski definition) is 1. The van der Waals surface area contributed by atoms with E-state index in [1.165, 1.54) is 11.3 Å². The van der Waals surface area contributed by atoms with Crippen LogP contribution in [0.25, 0.3) is 0 Å². The molecule has 0 unspecified atom stereocenters. The molecule has 1 fully saturated rings. The molecule has 0 aliphatic carbocycles. The Morgan fingerprint density at radius 1 is 1.50 bits per heavy atom. The second-order valence-corrected chi connectivity index (χ2v) is 6.04. The maximum atomic E-state index is 12.2. The Hall–Kier alpha value is -1.05. The molecule has 1 aromatic rings. The lowest BCUT2D eigenvalue weighted by molar-refractivity contribution is 0.0659. The molecule has 2 rings (SSSR count). The quantitative estimate of drug-likeness (QED) is 0.819. The Bertz CT molecular complexity index is 452. The van der Waals surface area contributed by atoms with Crippen LogP contribution in [0.4, 0.5) is 0 Å². The minimum Gasteiger partial charge on any atom is -0.392 e. The summed E-state index contributed by atoms with van der Waals surface area (Å²) in [4.78, 5) is 21.5. The number of nitrogens with two attached hydrogens (primary N) is 1. The molecular formula is C11H16N4OS2. The normalized spacial score (nSPS) is 16.8. The van der Waals surface area contributed by atoms with Gasteiger partial charge < -0.3 is 10.6 Å². The van der Waals surface area contributed by atoms with Crippen molar-refractivity contribution in [2.24, 2.45) is 5.73 Å². The number of amides is 1. The fourth-order valence-electron chi connectivity index (χ4n) is 1.95. The molecule has 1 aliphatic heterocycles. The second kappa shape index (κ2) is 5.73. The van der Waals surface area contributed by atoms with Gasteiger partial charge in [0.2, 0.25) is 0 Å². The highest BCUT2D eigenvalue weighted by Crippen LogP contribution is 2.15. The average Bonchev–Trinajstić information content (AvgIpc) is 2.75. The van der Waals surface area contributed by atoms with E-state index >= 15 is 0 Å². The molecule has 7 heteroatoms. The first kappa shape index (κ1) is 13.4. The number of piperazine rings is 1. The first-order chi connectivity index (χ1) is 8.56. The van der Waals surface area contributed by atoms with Gasteiger partial charge in [0, 0.05) is 32.7 Å². The van der Waals surface area contributed by atoms with Crippen LogP contribution in [0.5, 0.6) is 0 Å². The Morgan fingerprint density at radius 2 is 2.17 bits per heavy atom. The van der Waals surface area contributed by atoms with Gasteiger partial charge in [-0.3, -0.25) is 9.69 Å². The first-order valence-electron chi connectivity index (χ1n) is 5.78. The molecule has 1 saturated heterocycles. The van der Waals surface area contributed by atoms with Crippen LogP contribution in [0.15, 0.2) is 6.20 Å². The number of nitrogens with zero attached hydrogens (tertiary/aromatic N) is 3. The summed E-state index contributed by atoms with van der Waals surface area (Å²) >= 11 is 6.33. The fourth-order valence-corrected chi connectivity index (χ4v) is 2.87. The molecule has 2 N–H and O–H groups in total. The average molecular weight is 284 g/mol. The van der Waals surface area contributed by atoms with Gasteiger partial charge in [-0.1, -0.05) is 12.2 Å². The summed E-state index contributed by atoms with van der Waals surface area (Å²) < 4.78 is 0. The molecule has 2 heterocycles. The highest BCUT2D eigenvalue weighted by Gasteiger charge is 2.23. The minimum absolute atomic E-state index is 0.0792. The predicted octanol–water partition coefficient (Wildman–Crippen LogP) is 0.495. The standard InChI is InChI=1S/C11H16N4OS2/c1-8-13-6-9(18-8)11(16)15-4-2-14(3-5-15)7-10(12)17/h6H,2-5,7H2,1H3,(H2,12,17). The molecule has 0 atom stereocenters. The van der Waals surface area contributed by atoms with Crippen LogP contribution in [-0.4, -0.2) is 58.4 Å². The van der Waals surface area contributed by atoms with E-state index in [0.717, 1.165) is 36.1 Å². The third-order valence-electron chi connectivity index (χ3n) is 2.87. The molecule has 18 heavy (non-hydrogen) atoms. The van der Waals surface area contributed by atoms with E-state index in [4.69, 9.17) is 18.0 Å². The predicted molar refractivity (Wildman–Crippen MR) is 76.0 cm³/mol. The zero-order valence-corrected chi connectivity index (χ0v) is 11.9. The van der Waals surface area contributed by atoms with Crippen molar-refractivity contribution < 1.29 is 4.79 Å². The number of carbonyl (C=O) groups excluding carboxylic acids is 1. The number of aromatic nitrogens is 1. The van der Waals surface area contributed by atoms with E-state index < -0.39 is 0 Å². The summed E-state index contributed by atoms with van der Waals surface area (Å²) in [5.74, 6) is 0.0792. The summed E-state index contributed by atoms with van der Waals surface area (Å²) in [6.45, 7) is 5.62. The van der Waals surface area contributed by atoms with Crippen LogP contribution in [0.2, 0.25) is 0 Å². The highest BCUT2D eigenvalue weighted by molar-refractivity contribution is 7.80. The smallest absolute Gasteiger partial charge is 0.265 e. The van der Waals surface area contributed by atoms with Crippen molar-refractivity contribution in [3.05, 3.63) is 16.1 Å². The summed E-state index contributed by atoms with van der Waals surface area (Å²) in [7, 11) is 0. The van der Waals surface area contributed by atoms with E-state index in [-0.39, 0.29) is 5.91 Å². The van der Waals surface area contributed by atoms with Gasteiger partial charge >= 0.3 is 0 Å². The van der Waals surface area contributed by atoms with Gasteiger partial charge in [-0.15, -0.1) is 11.3 Å². The Labute approximate surface area is 116 Å². The molecule has 98 valence electrons.